The predicted octanol–water partition coefficient (Wildman–Crippen LogP) is 2.47. The number of hydrogen-bond donors (Lipinski definition) is 1. The van der Waals surface area contributed by atoms with Gasteiger partial charge < -0.3 is 4.90 Å². The number of carbonyl (C=O) groups is 1. The van der Waals surface area contributed by atoms with Crippen LogP contribution in [0.25, 0.3) is 0 Å². The lowest BCUT2D eigenvalue weighted by atomic mass is 9.95. The number of amidine groups is 2. The molecule has 2 unspecified atom stereocenters. The van der Waals surface area contributed by atoms with Crippen molar-refractivity contribution in [2.45, 2.75) is 25.6 Å². The molecule has 0 saturated heterocycles. The number of nitrogens with zero attached hydrogens (tertiary/aromatic N) is 4. The first-order chi connectivity index (χ1) is 13.0. The molecule has 3 heterocycles. The Labute approximate surface area is 164 Å². The van der Waals surface area contributed by atoms with Gasteiger partial charge in [0.05, 0.1) is 5.92 Å². The van der Waals surface area contributed by atoms with Gasteiger partial charge in [-0.05, 0) is 51.4 Å². The summed E-state index contributed by atoms with van der Waals surface area (Å²) in [5.41, 5.74) is 6.36. The fraction of sp³-hybridized carbons (Fsp3) is 0.450. The molecule has 7 heteroatoms. The van der Waals surface area contributed by atoms with Crippen LogP contribution >= 0.6 is 11.8 Å². The highest BCUT2D eigenvalue weighted by molar-refractivity contribution is 8.04. The van der Waals surface area contributed by atoms with Crippen molar-refractivity contribution in [3.63, 3.8) is 0 Å². The number of rotatable bonds is 4. The number of nitrogens with one attached hydrogen (secondary N) is 1. The van der Waals surface area contributed by atoms with Gasteiger partial charge in [-0.15, -0.1) is 11.8 Å². The molecule has 3 aliphatic heterocycles. The van der Waals surface area contributed by atoms with Crippen LogP contribution in [-0.4, -0.2) is 60.0 Å². The van der Waals surface area contributed by atoms with Crippen LogP contribution in [-0.2, 0) is 4.79 Å². The number of aliphatic imine (C=N–C) groups is 2. The molecule has 6 nitrogen and oxygen atoms in total. The number of fused-ring (bicyclic) bond motifs is 4. The van der Waals surface area contributed by atoms with E-state index in [0.29, 0.717) is 12.4 Å². The molecule has 1 amide bonds. The van der Waals surface area contributed by atoms with Gasteiger partial charge in [-0.2, -0.15) is 0 Å². The van der Waals surface area contributed by atoms with Crippen molar-refractivity contribution in [3.05, 3.63) is 45.9 Å². The number of thioether (sulfide) groups is 1. The molecule has 0 fully saturated rings. The Balaban J connectivity index is 1.69. The average Bonchev–Trinajstić information content (AvgIpc) is 2.93. The number of hydrazine groups is 1. The Bertz CT molecular complexity index is 873. The minimum absolute atomic E-state index is 0.0577. The fourth-order valence-corrected chi connectivity index (χ4v) is 4.94. The van der Waals surface area contributed by atoms with Gasteiger partial charge in [-0.25, -0.2) is 5.01 Å². The summed E-state index contributed by atoms with van der Waals surface area (Å²) in [4.78, 5) is 26.3. The van der Waals surface area contributed by atoms with Gasteiger partial charge in [0.1, 0.15) is 11.2 Å². The van der Waals surface area contributed by atoms with Crippen LogP contribution in [0.3, 0.4) is 0 Å². The SMILES string of the molecule is CC1=C(C)C2C(=O)N3NC(=NCCCN(C)C)c4ccccc4C3=NC2S1. The summed E-state index contributed by atoms with van der Waals surface area (Å²) in [5.74, 6) is 1.33. The summed E-state index contributed by atoms with van der Waals surface area (Å²) in [7, 11) is 4.12. The zero-order valence-electron chi connectivity index (χ0n) is 16.2. The third kappa shape index (κ3) is 3.19. The van der Waals surface area contributed by atoms with Crippen molar-refractivity contribution >= 4 is 29.3 Å². The Morgan fingerprint density at radius 3 is 2.74 bits per heavy atom. The van der Waals surface area contributed by atoms with E-state index in [1.165, 1.54) is 4.91 Å². The molecule has 4 rings (SSSR count). The molecule has 1 N–H and O–H groups in total. The van der Waals surface area contributed by atoms with Crippen LogP contribution in [0.4, 0.5) is 0 Å². The molecule has 2 atom stereocenters. The molecule has 3 aliphatic rings. The molecule has 27 heavy (non-hydrogen) atoms. The number of allylic oxidation sites excluding steroid dienone is 1. The molecule has 0 aromatic heterocycles. The highest BCUT2D eigenvalue weighted by Gasteiger charge is 2.46. The molecule has 0 aliphatic carbocycles. The molecule has 0 bridgehead atoms. The minimum Gasteiger partial charge on any atom is -0.309 e. The lowest BCUT2D eigenvalue weighted by Gasteiger charge is -2.38. The van der Waals surface area contributed by atoms with E-state index in [1.54, 1.807) is 16.8 Å². The van der Waals surface area contributed by atoms with Crippen molar-refractivity contribution < 1.29 is 4.79 Å². The molecule has 1 aromatic rings. The Morgan fingerprint density at radius 2 is 2.00 bits per heavy atom. The van der Waals surface area contributed by atoms with Crippen LogP contribution in [0.15, 0.2) is 44.7 Å². The quantitative estimate of drug-likeness (QED) is 0.812. The summed E-state index contributed by atoms with van der Waals surface area (Å²) in [6.07, 6.45) is 0.970. The van der Waals surface area contributed by atoms with E-state index >= 15 is 0 Å². The first-order valence-electron chi connectivity index (χ1n) is 9.29. The van der Waals surface area contributed by atoms with E-state index in [-0.39, 0.29) is 17.2 Å². The van der Waals surface area contributed by atoms with Crippen LogP contribution in [0.1, 0.15) is 31.4 Å². The largest absolute Gasteiger partial charge is 0.309 e. The van der Waals surface area contributed by atoms with Gasteiger partial charge >= 0.3 is 0 Å². The predicted molar refractivity (Wildman–Crippen MR) is 111 cm³/mol. The van der Waals surface area contributed by atoms with Gasteiger partial charge in [-0.3, -0.25) is 20.2 Å². The van der Waals surface area contributed by atoms with E-state index in [0.717, 1.165) is 35.5 Å². The molecule has 0 saturated carbocycles. The maximum absolute atomic E-state index is 13.2. The van der Waals surface area contributed by atoms with Crippen molar-refractivity contribution in [1.29, 1.82) is 0 Å². The minimum atomic E-state index is -0.188. The standard InChI is InChI=1S/C20H25N5OS/c1-12-13(2)27-19-16(12)20(26)25-18(22-19)15-9-6-5-8-14(15)17(23-25)21-10-7-11-24(3)4/h5-6,8-9,16,19H,7,10-11H2,1-4H3,(H,21,23). The number of amides is 1. The van der Waals surface area contributed by atoms with Crippen molar-refractivity contribution in [2.24, 2.45) is 15.9 Å². The summed E-state index contributed by atoms with van der Waals surface area (Å²) in [5, 5.41) is 1.55. The van der Waals surface area contributed by atoms with Gasteiger partial charge in [-0.1, -0.05) is 24.3 Å². The lowest BCUT2D eigenvalue weighted by Crippen LogP contribution is -2.59. The highest BCUT2D eigenvalue weighted by Crippen LogP contribution is 2.45. The Hall–Kier alpha value is -2.12. The van der Waals surface area contributed by atoms with Crippen LogP contribution in [0.2, 0.25) is 0 Å². The molecular weight excluding hydrogens is 358 g/mol. The summed E-state index contributed by atoms with van der Waals surface area (Å²) in [6, 6.07) is 8.05. The first-order valence-corrected chi connectivity index (χ1v) is 10.2. The zero-order valence-corrected chi connectivity index (χ0v) is 17.0. The molecular formula is C20H25N5OS. The molecule has 1 aromatic carbocycles. The van der Waals surface area contributed by atoms with Crippen molar-refractivity contribution in [3.8, 4) is 0 Å². The van der Waals surface area contributed by atoms with Gasteiger partial charge in [0, 0.05) is 17.7 Å². The normalized spacial score (nSPS) is 25.4. The van der Waals surface area contributed by atoms with Crippen LogP contribution in [0, 0.1) is 5.92 Å². The number of hydrogen-bond acceptors (Lipinski definition) is 5. The summed E-state index contributed by atoms with van der Waals surface area (Å²) < 4.78 is 0. The monoisotopic (exact) mass is 383 g/mol. The molecule has 142 valence electrons. The second-order valence-corrected chi connectivity index (χ2v) is 8.73. The lowest BCUT2D eigenvalue weighted by molar-refractivity contribution is -0.132. The van der Waals surface area contributed by atoms with Gasteiger partial charge in [0.25, 0.3) is 5.91 Å². The fourth-order valence-electron chi connectivity index (χ4n) is 3.65. The maximum atomic E-state index is 13.2. The van der Waals surface area contributed by atoms with Crippen molar-refractivity contribution in [2.75, 3.05) is 27.2 Å². The van der Waals surface area contributed by atoms with Crippen molar-refractivity contribution in [1.82, 2.24) is 15.3 Å². The smallest absolute Gasteiger partial charge is 0.257 e. The second-order valence-electron chi connectivity index (χ2n) is 7.40. The Morgan fingerprint density at radius 1 is 1.26 bits per heavy atom. The Kier molecular flexibility index (Phi) is 4.82. The van der Waals surface area contributed by atoms with Gasteiger partial charge in [0.15, 0.2) is 5.84 Å². The van der Waals surface area contributed by atoms with E-state index in [9.17, 15) is 4.79 Å². The van der Waals surface area contributed by atoms with E-state index in [2.05, 4.69) is 31.3 Å². The highest BCUT2D eigenvalue weighted by atomic mass is 32.2. The van der Waals surface area contributed by atoms with Gasteiger partial charge in [0.2, 0.25) is 0 Å². The number of carbonyl (C=O) groups excluding carboxylic acids is 1. The van der Waals surface area contributed by atoms with E-state index < -0.39 is 0 Å². The third-order valence-electron chi connectivity index (χ3n) is 5.23. The zero-order chi connectivity index (χ0) is 19.1. The second kappa shape index (κ2) is 7.13. The molecule has 0 spiro atoms. The summed E-state index contributed by atoms with van der Waals surface area (Å²) >= 11 is 1.69. The topological polar surface area (TPSA) is 60.3 Å². The maximum Gasteiger partial charge on any atom is 0.257 e. The van der Waals surface area contributed by atoms with Crippen LogP contribution < -0.4 is 5.43 Å². The number of benzene rings is 1. The summed E-state index contributed by atoms with van der Waals surface area (Å²) in [6.45, 7) is 5.81. The van der Waals surface area contributed by atoms with E-state index in [1.807, 2.05) is 31.2 Å². The first kappa shape index (κ1) is 18.3. The third-order valence-corrected chi connectivity index (χ3v) is 6.52. The van der Waals surface area contributed by atoms with Crippen LogP contribution in [0.5, 0.6) is 0 Å². The average molecular weight is 384 g/mol. The van der Waals surface area contributed by atoms with E-state index in [4.69, 9.17) is 9.98 Å². The molecule has 0 radical (unpaired) electrons.